The number of nitrogens with one attached hydrogen (secondary N) is 1. The number of rotatable bonds is 4. The molecule has 0 fully saturated rings. The molecule has 4 heteroatoms. The van der Waals surface area contributed by atoms with Gasteiger partial charge < -0.3 is 10.4 Å². The molecule has 17 heavy (non-hydrogen) atoms. The zero-order valence-electron chi connectivity index (χ0n) is 9.64. The summed E-state index contributed by atoms with van der Waals surface area (Å²) in [4.78, 5) is 22.4. The van der Waals surface area contributed by atoms with Crippen LogP contribution >= 0.6 is 0 Å². The van der Waals surface area contributed by atoms with E-state index in [0.717, 1.165) is 12.0 Å². The summed E-state index contributed by atoms with van der Waals surface area (Å²) in [5.41, 5.74) is 2.27. The first-order valence-corrected chi connectivity index (χ1v) is 5.68. The van der Waals surface area contributed by atoms with Crippen LogP contribution in [0.5, 0.6) is 0 Å². The number of carboxylic acid groups (broad SMARTS) is 1. The lowest BCUT2D eigenvalue weighted by Gasteiger charge is -2.29. The van der Waals surface area contributed by atoms with Crippen molar-refractivity contribution in [1.29, 1.82) is 0 Å². The van der Waals surface area contributed by atoms with E-state index in [9.17, 15) is 9.59 Å². The lowest BCUT2D eigenvalue weighted by Crippen LogP contribution is -2.40. The summed E-state index contributed by atoms with van der Waals surface area (Å²) in [6, 6.07) is 7.51. The predicted octanol–water partition coefficient (Wildman–Crippen LogP) is 1.31. The molecule has 1 aliphatic carbocycles. The highest BCUT2D eigenvalue weighted by atomic mass is 16.4. The molecule has 1 aromatic carbocycles. The molecular weight excluding hydrogens is 218 g/mol. The van der Waals surface area contributed by atoms with Crippen LogP contribution in [-0.2, 0) is 16.0 Å². The zero-order valence-corrected chi connectivity index (χ0v) is 9.64. The van der Waals surface area contributed by atoms with Gasteiger partial charge in [-0.1, -0.05) is 24.3 Å². The second-order valence-corrected chi connectivity index (χ2v) is 4.46. The fraction of sp³-hybridized carbons (Fsp3) is 0.385. The Bertz CT molecular complexity index is 456. The monoisotopic (exact) mass is 233 g/mol. The van der Waals surface area contributed by atoms with Crippen LogP contribution in [0, 0.1) is 0 Å². The molecule has 0 saturated carbocycles. The quantitative estimate of drug-likeness (QED) is 0.823. The molecule has 0 saturated heterocycles. The fourth-order valence-electron chi connectivity index (χ4n) is 2.15. The number of benzene rings is 1. The van der Waals surface area contributed by atoms with Crippen LogP contribution in [0.1, 0.15) is 30.4 Å². The molecule has 90 valence electrons. The Hall–Kier alpha value is -1.84. The van der Waals surface area contributed by atoms with Gasteiger partial charge in [0, 0.05) is 6.04 Å². The van der Waals surface area contributed by atoms with E-state index in [2.05, 4.69) is 5.32 Å². The van der Waals surface area contributed by atoms with Gasteiger partial charge in [-0.3, -0.25) is 9.59 Å². The summed E-state index contributed by atoms with van der Waals surface area (Å²) in [5, 5.41) is 11.3. The maximum Gasteiger partial charge on any atom is 0.305 e. The van der Waals surface area contributed by atoms with Crippen molar-refractivity contribution in [2.45, 2.75) is 31.7 Å². The Morgan fingerprint density at radius 3 is 2.82 bits per heavy atom. The summed E-state index contributed by atoms with van der Waals surface area (Å²) in [5.74, 6) is -1.08. The SMILES string of the molecule is CC(CC(=O)O)NC(=O)C1Cc2ccccc21. The minimum atomic E-state index is -0.896. The van der Waals surface area contributed by atoms with Gasteiger partial charge in [0.2, 0.25) is 5.91 Å². The minimum absolute atomic E-state index is 0.0416. The highest BCUT2D eigenvalue weighted by Gasteiger charge is 2.32. The van der Waals surface area contributed by atoms with Gasteiger partial charge in [0.05, 0.1) is 12.3 Å². The average molecular weight is 233 g/mol. The van der Waals surface area contributed by atoms with Gasteiger partial charge in [-0.05, 0) is 24.5 Å². The van der Waals surface area contributed by atoms with Crippen molar-refractivity contribution in [3.8, 4) is 0 Å². The fourth-order valence-corrected chi connectivity index (χ4v) is 2.15. The Kier molecular flexibility index (Phi) is 3.13. The van der Waals surface area contributed by atoms with E-state index in [1.165, 1.54) is 5.56 Å². The van der Waals surface area contributed by atoms with Gasteiger partial charge in [-0.2, -0.15) is 0 Å². The molecule has 1 aromatic rings. The van der Waals surface area contributed by atoms with E-state index in [4.69, 9.17) is 5.11 Å². The molecule has 2 N–H and O–H groups in total. The van der Waals surface area contributed by atoms with Gasteiger partial charge in [0.1, 0.15) is 0 Å². The Labute approximate surface area is 99.6 Å². The standard InChI is InChI=1S/C13H15NO3/c1-8(6-12(15)16)14-13(17)11-7-9-4-2-3-5-10(9)11/h2-5,8,11H,6-7H2,1H3,(H,14,17)(H,15,16). The maximum absolute atomic E-state index is 11.9. The third kappa shape index (κ3) is 2.46. The van der Waals surface area contributed by atoms with E-state index >= 15 is 0 Å². The van der Waals surface area contributed by atoms with Crippen LogP contribution in [0.3, 0.4) is 0 Å². The van der Waals surface area contributed by atoms with E-state index in [1.807, 2.05) is 24.3 Å². The molecule has 2 atom stereocenters. The maximum atomic E-state index is 11.9. The summed E-state index contributed by atoms with van der Waals surface area (Å²) in [6.07, 6.45) is 0.710. The van der Waals surface area contributed by atoms with Gasteiger partial charge >= 0.3 is 5.97 Å². The number of hydrogen-bond donors (Lipinski definition) is 2. The second-order valence-electron chi connectivity index (χ2n) is 4.46. The molecule has 0 aromatic heterocycles. The number of carbonyl (C=O) groups is 2. The Morgan fingerprint density at radius 2 is 2.18 bits per heavy atom. The number of aliphatic carboxylic acids is 1. The topological polar surface area (TPSA) is 66.4 Å². The third-order valence-corrected chi connectivity index (χ3v) is 3.04. The van der Waals surface area contributed by atoms with Crippen molar-refractivity contribution in [2.24, 2.45) is 0 Å². The van der Waals surface area contributed by atoms with Crippen molar-refractivity contribution in [3.63, 3.8) is 0 Å². The molecule has 4 nitrogen and oxygen atoms in total. The Morgan fingerprint density at radius 1 is 1.47 bits per heavy atom. The van der Waals surface area contributed by atoms with Gasteiger partial charge in [-0.15, -0.1) is 0 Å². The number of carboxylic acids is 1. The number of amides is 1. The summed E-state index contributed by atoms with van der Waals surface area (Å²) in [6.45, 7) is 1.70. The second kappa shape index (κ2) is 4.57. The first-order valence-electron chi connectivity index (χ1n) is 5.68. The molecule has 2 unspecified atom stereocenters. The van der Waals surface area contributed by atoms with Crippen molar-refractivity contribution in [3.05, 3.63) is 35.4 Å². The van der Waals surface area contributed by atoms with Crippen LogP contribution in [0.2, 0.25) is 0 Å². The third-order valence-electron chi connectivity index (χ3n) is 3.04. The number of hydrogen-bond acceptors (Lipinski definition) is 2. The number of carbonyl (C=O) groups excluding carboxylic acids is 1. The van der Waals surface area contributed by atoms with Gasteiger partial charge in [0.15, 0.2) is 0 Å². The highest BCUT2D eigenvalue weighted by Crippen LogP contribution is 2.34. The first kappa shape index (κ1) is 11.6. The van der Waals surface area contributed by atoms with Gasteiger partial charge in [-0.25, -0.2) is 0 Å². The van der Waals surface area contributed by atoms with Crippen molar-refractivity contribution in [1.82, 2.24) is 5.32 Å². The molecule has 2 rings (SSSR count). The largest absolute Gasteiger partial charge is 0.481 e. The predicted molar refractivity (Wildman–Crippen MR) is 62.7 cm³/mol. The molecule has 0 heterocycles. The molecule has 0 bridgehead atoms. The highest BCUT2D eigenvalue weighted by molar-refractivity contribution is 5.87. The zero-order chi connectivity index (χ0) is 12.4. The van der Waals surface area contributed by atoms with Crippen molar-refractivity contribution < 1.29 is 14.7 Å². The number of fused-ring (bicyclic) bond motifs is 1. The lowest BCUT2D eigenvalue weighted by molar-refractivity contribution is -0.137. The molecule has 0 spiro atoms. The molecule has 0 radical (unpaired) electrons. The summed E-state index contributed by atoms with van der Waals surface area (Å²) in [7, 11) is 0. The average Bonchev–Trinajstić information content (AvgIpc) is 2.18. The van der Waals surface area contributed by atoms with E-state index in [1.54, 1.807) is 6.92 Å². The lowest BCUT2D eigenvalue weighted by atomic mass is 9.77. The smallest absolute Gasteiger partial charge is 0.305 e. The summed E-state index contributed by atoms with van der Waals surface area (Å²) < 4.78 is 0. The van der Waals surface area contributed by atoms with E-state index in [0.29, 0.717) is 0 Å². The van der Waals surface area contributed by atoms with Crippen molar-refractivity contribution in [2.75, 3.05) is 0 Å². The Balaban J connectivity index is 1.93. The van der Waals surface area contributed by atoms with Crippen LogP contribution in [0.25, 0.3) is 0 Å². The van der Waals surface area contributed by atoms with Crippen LogP contribution < -0.4 is 5.32 Å². The van der Waals surface area contributed by atoms with Crippen molar-refractivity contribution >= 4 is 11.9 Å². The van der Waals surface area contributed by atoms with Crippen LogP contribution in [0.15, 0.2) is 24.3 Å². The van der Waals surface area contributed by atoms with E-state index < -0.39 is 5.97 Å². The van der Waals surface area contributed by atoms with Crippen LogP contribution in [0.4, 0.5) is 0 Å². The molecular formula is C13H15NO3. The summed E-state index contributed by atoms with van der Waals surface area (Å²) >= 11 is 0. The minimum Gasteiger partial charge on any atom is -0.481 e. The molecule has 0 aliphatic heterocycles. The first-order chi connectivity index (χ1) is 8.08. The normalized spacial score (nSPS) is 18.8. The van der Waals surface area contributed by atoms with Gasteiger partial charge in [0.25, 0.3) is 0 Å². The molecule has 1 aliphatic rings. The van der Waals surface area contributed by atoms with Crippen LogP contribution in [-0.4, -0.2) is 23.0 Å². The van der Waals surface area contributed by atoms with E-state index in [-0.39, 0.29) is 24.3 Å². The molecule has 1 amide bonds.